The van der Waals surface area contributed by atoms with Gasteiger partial charge in [0.15, 0.2) is 0 Å². The minimum absolute atomic E-state index is 0.483. The van der Waals surface area contributed by atoms with Gasteiger partial charge in [-0.3, -0.25) is 4.98 Å². The summed E-state index contributed by atoms with van der Waals surface area (Å²) in [7, 11) is 0. The molecule has 0 atom stereocenters. The van der Waals surface area contributed by atoms with Crippen molar-refractivity contribution in [3.63, 3.8) is 0 Å². The Labute approximate surface area is 99.5 Å². The van der Waals surface area contributed by atoms with Crippen molar-refractivity contribution in [1.82, 2.24) is 15.0 Å². The Hall–Kier alpha value is -1.48. The van der Waals surface area contributed by atoms with Gasteiger partial charge in [-0.25, -0.2) is 9.97 Å². The lowest BCUT2D eigenvalue weighted by atomic mass is 10.1. The van der Waals surface area contributed by atoms with Crippen LogP contribution < -0.4 is 0 Å². The Kier molecular flexibility index (Phi) is 3.15. The molecule has 0 aliphatic heterocycles. The Morgan fingerprint density at radius 3 is 2.75 bits per heavy atom. The van der Waals surface area contributed by atoms with E-state index in [0.717, 1.165) is 29.2 Å². The molecule has 0 saturated heterocycles. The summed E-state index contributed by atoms with van der Waals surface area (Å²) in [4.78, 5) is 12.7. The van der Waals surface area contributed by atoms with Crippen LogP contribution in [0.15, 0.2) is 24.4 Å². The van der Waals surface area contributed by atoms with E-state index >= 15 is 0 Å². The van der Waals surface area contributed by atoms with Gasteiger partial charge in [-0.2, -0.15) is 0 Å². The van der Waals surface area contributed by atoms with E-state index < -0.39 is 0 Å². The fraction of sp³-hybridized carbons (Fsp3) is 0.250. The molecule has 0 amide bonds. The monoisotopic (exact) mass is 233 g/mol. The molecule has 0 N–H and O–H groups in total. The highest BCUT2D eigenvalue weighted by molar-refractivity contribution is 6.29. The number of nitrogens with zero attached hydrogens (tertiary/aromatic N) is 3. The van der Waals surface area contributed by atoms with Crippen LogP contribution in [-0.2, 0) is 6.42 Å². The van der Waals surface area contributed by atoms with Crippen LogP contribution in [0.25, 0.3) is 11.3 Å². The maximum atomic E-state index is 5.95. The van der Waals surface area contributed by atoms with Crippen molar-refractivity contribution < 1.29 is 0 Å². The van der Waals surface area contributed by atoms with Crippen LogP contribution in [0, 0.1) is 6.92 Å². The second-order valence-corrected chi connectivity index (χ2v) is 3.92. The first-order chi connectivity index (χ1) is 7.69. The largest absolute Gasteiger partial charge is 0.262 e. The molecule has 0 bridgehead atoms. The van der Waals surface area contributed by atoms with E-state index in [-0.39, 0.29) is 0 Å². The standard InChI is InChI=1S/C12H12ClN3/c1-3-12-15-10(7-11(13)16-12)9-4-5-14-8(2)6-9/h4-7H,3H2,1-2H3. The van der Waals surface area contributed by atoms with Crippen LogP contribution in [-0.4, -0.2) is 15.0 Å². The zero-order chi connectivity index (χ0) is 11.5. The average molecular weight is 234 g/mol. The molecule has 0 radical (unpaired) electrons. The highest BCUT2D eigenvalue weighted by Gasteiger charge is 2.04. The molecule has 4 heteroatoms. The lowest BCUT2D eigenvalue weighted by Gasteiger charge is -2.04. The first-order valence-electron chi connectivity index (χ1n) is 5.15. The number of hydrogen-bond donors (Lipinski definition) is 0. The molecular weight excluding hydrogens is 222 g/mol. The number of aromatic nitrogens is 3. The first kappa shape index (κ1) is 11.0. The van der Waals surface area contributed by atoms with Crippen molar-refractivity contribution in [2.75, 3.05) is 0 Å². The third kappa shape index (κ3) is 2.36. The molecule has 82 valence electrons. The van der Waals surface area contributed by atoms with Crippen molar-refractivity contribution in [3.05, 3.63) is 41.1 Å². The summed E-state index contributed by atoms with van der Waals surface area (Å²) in [5.41, 5.74) is 2.83. The van der Waals surface area contributed by atoms with Crippen LogP contribution in [0.2, 0.25) is 5.15 Å². The van der Waals surface area contributed by atoms with Gasteiger partial charge >= 0.3 is 0 Å². The molecule has 0 fully saturated rings. The second-order valence-electron chi connectivity index (χ2n) is 3.53. The summed E-state index contributed by atoms with van der Waals surface area (Å²) in [6.45, 7) is 3.96. The molecule has 2 aromatic rings. The van der Waals surface area contributed by atoms with Crippen molar-refractivity contribution in [1.29, 1.82) is 0 Å². The van der Waals surface area contributed by atoms with Gasteiger partial charge in [0, 0.05) is 29.9 Å². The molecular formula is C12H12ClN3. The summed E-state index contributed by atoms with van der Waals surface area (Å²) >= 11 is 5.95. The van der Waals surface area contributed by atoms with Crippen LogP contribution in [0.5, 0.6) is 0 Å². The molecule has 2 heterocycles. The van der Waals surface area contributed by atoms with Crippen LogP contribution in [0.1, 0.15) is 18.4 Å². The third-order valence-corrected chi connectivity index (χ3v) is 2.44. The Morgan fingerprint density at radius 1 is 1.25 bits per heavy atom. The molecule has 0 aromatic carbocycles. The van der Waals surface area contributed by atoms with Crippen molar-refractivity contribution >= 4 is 11.6 Å². The van der Waals surface area contributed by atoms with Crippen molar-refractivity contribution in [2.45, 2.75) is 20.3 Å². The zero-order valence-corrected chi connectivity index (χ0v) is 9.99. The van der Waals surface area contributed by atoms with Crippen LogP contribution in [0.3, 0.4) is 0 Å². The summed E-state index contributed by atoms with van der Waals surface area (Å²) in [6, 6.07) is 5.68. The number of hydrogen-bond acceptors (Lipinski definition) is 3. The lowest BCUT2D eigenvalue weighted by Crippen LogP contribution is -1.96. The summed E-state index contributed by atoms with van der Waals surface area (Å²) in [5.74, 6) is 0.761. The lowest BCUT2D eigenvalue weighted by molar-refractivity contribution is 0.943. The maximum absolute atomic E-state index is 5.95. The van der Waals surface area contributed by atoms with E-state index in [1.165, 1.54) is 0 Å². The molecule has 0 unspecified atom stereocenters. The van der Waals surface area contributed by atoms with Gasteiger partial charge in [0.1, 0.15) is 11.0 Å². The highest BCUT2D eigenvalue weighted by Crippen LogP contribution is 2.20. The van der Waals surface area contributed by atoms with Gasteiger partial charge in [-0.05, 0) is 19.1 Å². The number of halogens is 1. The zero-order valence-electron chi connectivity index (χ0n) is 9.24. The first-order valence-corrected chi connectivity index (χ1v) is 5.53. The molecule has 3 nitrogen and oxygen atoms in total. The molecule has 2 aromatic heterocycles. The molecule has 2 rings (SSSR count). The molecule has 0 saturated carbocycles. The maximum Gasteiger partial charge on any atom is 0.133 e. The minimum Gasteiger partial charge on any atom is -0.262 e. The van der Waals surface area contributed by atoms with E-state index in [0.29, 0.717) is 5.15 Å². The normalized spacial score (nSPS) is 10.4. The molecule has 0 spiro atoms. The third-order valence-electron chi connectivity index (χ3n) is 2.25. The smallest absolute Gasteiger partial charge is 0.133 e. The SMILES string of the molecule is CCc1nc(Cl)cc(-c2ccnc(C)c2)n1. The fourth-order valence-corrected chi connectivity index (χ4v) is 1.68. The fourth-order valence-electron chi connectivity index (χ4n) is 1.48. The Morgan fingerprint density at radius 2 is 2.06 bits per heavy atom. The topological polar surface area (TPSA) is 38.7 Å². The summed E-state index contributed by atoms with van der Waals surface area (Å²) < 4.78 is 0. The minimum atomic E-state index is 0.483. The van der Waals surface area contributed by atoms with Crippen molar-refractivity contribution in [3.8, 4) is 11.3 Å². The van der Waals surface area contributed by atoms with Gasteiger partial charge in [0.05, 0.1) is 5.69 Å². The van der Waals surface area contributed by atoms with Gasteiger partial charge < -0.3 is 0 Å². The van der Waals surface area contributed by atoms with Crippen LogP contribution >= 0.6 is 11.6 Å². The van der Waals surface area contributed by atoms with E-state index in [4.69, 9.17) is 11.6 Å². The van der Waals surface area contributed by atoms with Gasteiger partial charge in [0.25, 0.3) is 0 Å². The number of aryl methyl sites for hydroxylation is 2. The van der Waals surface area contributed by atoms with Crippen LogP contribution in [0.4, 0.5) is 0 Å². The predicted octanol–water partition coefficient (Wildman–Crippen LogP) is 3.06. The highest BCUT2D eigenvalue weighted by atomic mass is 35.5. The Bertz CT molecular complexity index is 511. The molecule has 0 aliphatic carbocycles. The summed E-state index contributed by atoms with van der Waals surface area (Å²) in [5, 5.41) is 0.483. The van der Waals surface area contributed by atoms with E-state index in [1.807, 2.05) is 26.0 Å². The van der Waals surface area contributed by atoms with E-state index in [2.05, 4.69) is 15.0 Å². The quantitative estimate of drug-likeness (QED) is 0.749. The second kappa shape index (κ2) is 4.58. The predicted molar refractivity (Wildman–Crippen MR) is 64.4 cm³/mol. The van der Waals surface area contributed by atoms with Gasteiger partial charge in [-0.1, -0.05) is 18.5 Å². The van der Waals surface area contributed by atoms with E-state index in [9.17, 15) is 0 Å². The molecule has 16 heavy (non-hydrogen) atoms. The van der Waals surface area contributed by atoms with Crippen molar-refractivity contribution in [2.24, 2.45) is 0 Å². The number of rotatable bonds is 2. The molecule has 0 aliphatic rings. The van der Waals surface area contributed by atoms with Gasteiger partial charge in [0.2, 0.25) is 0 Å². The average Bonchev–Trinajstić information content (AvgIpc) is 2.28. The van der Waals surface area contributed by atoms with E-state index in [1.54, 1.807) is 12.3 Å². The summed E-state index contributed by atoms with van der Waals surface area (Å²) in [6.07, 6.45) is 2.55. The van der Waals surface area contributed by atoms with Gasteiger partial charge in [-0.15, -0.1) is 0 Å². The Balaban J connectivity index is 2.51. The number of pyridine rings is 1.